The zero-order valence-corrected chi connectivity index (χ0v) is 21.7. The van der Waals surface area contributed by atoms with Gasteiger partial charge in [-0.15, -0.1) is 10.2 Å². The van der Waals surface area contributed by atoms with Gasteiger partial charge >= 0.3 is 0 Å². The summed E-state index contributed by atoms with van der Waals surface area (Å²) in [6.45, 7) is 6.55. The average Bonchev–Trinajstić information content (AvgIpc) is 2.95. The van der Waals surface area contributed by atoms with E-state index >= 15 is 0 Å². The standard InChI is InChI=1S/C26H33N9O4/c27-24(37)19-3-5-22(32-31-19)35-9-7-17(8-10-35)16-33-11-13-34(14-12-33)18-1-2-20(28-15-18)25(38)29-21-4-6-23(36)30-26(21)39/h1-3,5,15,17,21H,4,6-14,16H2,(H2,27,37)(H,29,38)(H,30,36,39). The van der Waals surface area contributed by atoms with Crippen molar-refractivity contribution in [2.24, 2.45) is 11.7 Å². The Kier molecular flexibility index (Phi) is 7.96. The fraction of sp³-hybridized carbons (Fsp3) is 0.500. The molecule has 1 unspecified atom stereocenters. The van der Waals surface area contributed by atoms with Crippen LogP contribution in [0.25, 0.3) is 0 Å². The van der Waals surface area contributed by atoms with Crippen LogP contribution in [0.1, 0.15) is 46.7 Å². The lowest BCUT2D eigenvalue weighted by molar-refractivity contribution is -0.134. The Hall–Kier alpha value is -4.13. The predicted octanol–water partition coefficient (Wildman–Crippen LogP) is -0.456. The highest BCUT2D eigenvalue weighted by atomic mass is 16.2. The Bertz CT molecular complexity index is 1200. The van der Waals surface area contributed by atoms with Crippen molar-refractivity contribution in [3.05, 3.63) is 41.9 Å². The van der Waals surface area contributed by atoms with Crippen molar-refractivity contribution in [2.75, 3.05) is 55.6 Å². The largest absolute Gasteiger partial charge is 0.368 e. The minimum absolute atomic E-state index is 0.176. The molecule has 206 valence electrons. The van der Waals surface area contributed by atoms with Gasteiger partial charge in [-0.2, -0.15) is 0 Å². The molecule has 3 saturated heterocycles. The van der Waals surface area contributed by atoms with Crippen molar-refractivity contribution in [3.8, 4) is 0 Å². The van der Waals surface area contributed by atoms with Crippen molar-refractivity contribution in [2.45, 2.75) is 31.7 Å². The number of hydrogen-bond acceptors (Lipinski definition) is 10. The second-order valence-electron chi connectivity index (χ2n) is 10.2. The van der Waals surface area contributed by atoms with Gasteiger partial charge in [0.15, 0.2) is 11.5 Å². The van der Waals surface area contributed by atoms with E-state index in [1.54, 1.807) is 24.4 Å². The van der Waals surface area contributed by atoms with Crippen molar-refractivity contribution in [3.63, 3.8) is 0 Å². The molecule has 3 aliphatic rings. The Morgan fingerprint density at radius 2 is 1.67 bits per heavy atom. The van der Waals surface area contributed by atoms with Crippen LogP contribution < -0.4 is 26.2 Å². The van der Waals surface area contributed by atoms with Crippen LogP contribution in [0.5, 0.6) is 0 Å². The lowest BCUT2D eigenvalue weighted by atomic mass is 9.96. The lowest BCUT2D eigenvalue weighted by Crippen LogP contribution is -2.52. The zero-order chi connectivity index (χ0) is 27.4. The summed E-state index contributed by atoms with van der Waals surface area (Å²) in [5.41, 5.74) is 6.62. The topological polar surface area (TPSA) is 167 Å². The smallest absolute Gasteiger partial charge is 0.270 e. The normalized spacial score (nSPS) is 21.0. The number of imide groups is 1. The van der Waals surface area contributed by atoms with Gasteiger partial charge in [0, 0.05) is 52.2 Å². The predicted molar refractivity (Wildman–Crippen MR) is 142 cm³/mol. The van der Waals surface area contributed by atoms with Crippen LogP contribution in [0.4, 0.5) is 11.5 Å². The van der Waals surface area contributed by atoms with Crippen molar-refractivity contribution >= 4 is 35.1 Å². The van der Waals surface area contributed by atoms with Crippen LogP contribution in [0.3, 0.4) is 0 Å². The Labute approximate surface area is 226 Å². The van der Waals surface area contributed by atoms with E-state index in [9.17, 15) is 19.2 Å². The van der Waals surface area contributed by atoms with Gasteiger partial charge < -0.3 is 20.9 Å². The fourth-order valence-corrected chi connectivity index (χ4v) is 5.29. The van der Waals surface area contributed by atoms with Crippen LogP contribution in [0.2, 0.25) is 0 Å². The molecule has 13 heteroatoms. The summed E-state index contributed by atoms with van der Waals surface area (Å²) in [7, 11) is 0. The van der Waals surface area contributed by atoms with E-state index in [-0.39, 0.29) is 23.7 Å². The number of primary amides is 1. The van der Waals surface area contributed by atoms with Crippen molar-refractivity contribution in [1.29, 1.82) is 0 Å². The van der Waals surface area contributed by atoms with E-state index in [1.807, 2.05) is 6.07 Å². The number of carbonyl (C=O) groups excluding carboxylic acids is 4. The third kappa shape index (κ3) is 6.48. The number of nitrogens with zero attached hydrogens (tertiary/aromatic N) is 6. The lowest BCUT2D eigenvalue weighted by Gasteiger charge is -2.39. The third-order valence-electron chi connectivity index (χ3n) is 7.62. The van der Waals surface area contributed by atoms with Gasteiger partial charge in [-0.1, -0.05) is 0 Å². The monoisotopic (exact) mass is 535 g/mol. The quantitative estimate of drug-likeness (QED) is 0.395. The molecule has 2 aromatic rings. The van der Waals surface area contributed by atoms with Crippen LogP contribution >= 0.6 is 0 Å². The van der Waals surface area contributed by atoms with E-state index in [4.69, 9.17) is 5.73 Å². The van der Waals surface area contributed by atoms with Gasteiger partial charge in [0.1, 0.15) is 11.7 Å². The number of pyridine rings is 1. The number of amides is 4. The Balaban J connectivity index is 1.04. The van der Waals surface area contributed by atoms with Crippen LogP contribution in [0, 0.1) is 5.92 Å². The molecule has 2 aromatic heterocycles. The van der Waals surface area contributed by atoms with Crippen LogP contribution in [-0.2, 0) is 9.59 Å². The second-order valence-corrected chi connectivity index (χ2v) is 10.2. The van der Waals surface area contributed by atoms with Gasteiger partial charge in [0.05, 0.1) is 11.9 Å². The molecule has 13 nitrogen and oxygen atoms in total. The minimum atomic E-state index is -0.722. The zero-order valence-electron chi connectivity index (χ0n) is 21.7. The van der Waals surface area contributed by atoms with E-state index < -0.39 is 23.8 Å². The highest BCUT2D eigenvalue weighted by Crippen LogP contribution is 2.23. The summed E-state index contributed by atoms with van der Waals surface area (Å²) < 4.78 is 0. The number of aromatic nitrogens is 3. The fourth-order valence-electron chi connectivity index (χ4n) is 5.29. The van der Waals surface area contributed by atoms with Crippen LogP contribution in [0.15, 0.2) is 30.5 Å². The molecule has 0 saturated carbocycles. The number of nitrogens with one attached hydrogen (secondary N) is 2. The first kappa shape index (κ1) is 26.5. The molecule has 0 aromatic carbocycles. The third-order valence-corrected chi connectivity index (χ3v) is 7.62. The van der Waals surface area contributed by atoms with E-state index in [0.717, 1.165) is 70.2 Å². The number of carbonyl (C=O) groups is 4. The van der Waals surface area contributed by atoms with E-state index in [2.05, 4.69) is 40.5 Å². The highest BCUT2D eigenvalue weighted by Gasteiger charge is 2.29. The molecule has 3 fully saturated rings. The molecule has 4 N–H and O–H groups in total. The molecule has 0 aliphatic carbocycles. The molecule has 4 amide bonds. The number of nitrogens with two attached hydrogens (primary N) is 1. The number of hydrogen-bond donors (Lipinski definition) is 3. The number of rotatable bonds is 7. The SMILES string of the molecule is NC(=O)c1ccc(N2CCC(CN3CCN(c4ccc(C(=O)NC5CCC(=O)NC5=O)nc4)CC3)CC2)nn1. The Morgan fingerprint density at radius 3 is 2.28 bits per heavy atom. The maximum atomic E-state index is 12.5. The summed E-state index contributed by atoms with van der Waals surface area (Å²) in [5, 5.41) is 13.0. The van der Waals surface area contributed by atoms with Gasteiger partial charge in [0.2, 0.25) is 11.8 Å². The van der Waals surface area contributed by atoms with Crippen LogP contribution in [-0.4, -0.2) is 95.6 Å². The van der Waals surface area contributed by atoms with Gasteiger partial charge in [-0.3, -0.25) is 29.4 Å². The van der Waals surface area contributed by atoms with Gasteiger partial charge in [-0.05, 0) is 49.4 Å². The summed E-state index contributed by atoms with van der Waals surface area (Å²) in [4.78, 5) is 58.2. The highest BCUT2D eigenvalue weighted by molar-refractivity contribution is 6.03. The number of anilines is 2. The number of piperazine rings is 1. The summed E-state index contributed by atoms with van der Waals surface area (Å²) in [5.74, 6) is -0.406. The molecule has 39 heavy (non-hydrogen) atoms. The second kappa shape index (κ2) is 11.7. The molecule has 3 aliphatic heterocycles. The maximum Gasteiger partial charge on any atom is 0.270 e. The summed E-state index contributed by atoms with van der Waals surface area (Å²) >= 11 is 0. The molecular weight excluding hydrogens is 502 g/mol. The first-order chi connectivity index (χ1) is 18.9. The molecule has 0 spiro atoms. The Morgan fingerprint density at radius 1 is 0.923 bits per heavy atom. The molecule has 1 atom stereocenters. The first-order valence-corrected chi connectivity index (χ1v) is 13.3. The first-order valence-electron chi connectivity index (χ1n) is 13.3. The molecule has 0 bridgehead atoms. The average molecular weight is 536 g/mol. The molecule has 5 rings (SSSR count). The summed E-state index contributed by atoms with van der Waals surface area (Å²) in [6, 6.07) is 6.26. The maximum absolute atomic E-state index is 12.5. The van der Waals surface area contributed by atoms with Gasteiger partial charge in [-0.25, -0.2) is 4.98 Å². The molecule has 0 radical (unpaired) electrons. The minimum Gasteiger partial charge on any atom is -0.368 e. The molecular formula is C26H33N9O4. The van der Waals surface area contributed by atoms with E-state index in [1.165, 1.54) is 0 Å². The number of piperidine rings is 2. The van der Waals surface area contributed by atoms with Gasteiger partial charge in [0.25, 0.3) is 11.8 Å². The van der Waals surface area contributed by atoms with Crippen molar-refractivity contribution in [1.82, 2.24) is 30.7 Å². The van der Waals surface area contributed by atoms with E-state index in [0.29, 0.717) is 12.3 Å². The van der Waals surface area contributed by atoms with Crippen molar-refractivity contribution < 1.29 is 19.2 Å². The summed E-state index contributed by atoms with van der Waals surface area (Å²) in [6.07, 6.45) is 4.34. The molecule has 5 heterocycles.